The molecule has 1 N–H and O–H groups in total. The molecule has 0 spiro atoms. The summed E-state index contributed by atoms with van der Waals surface area (Å²) in [5.41, 5.74) is 3.32. The number of hydrogen-bond donors (Lipinski definition) is 1. The number of aromatic nitrogens is 2. The van der Waals surface area contributed by atoms with Crippen molar-refractivity contribution in [1.29, 1.82) is 0 Å². The van der Waals surface area contributed by atoms with E-state index in [2.05, 4.69) is 50.0 Å². The normalized spacial score (nSPS) is 18.5. The molecule has 2 fully saturated rings. The minimum Gasteiger partial charge on any atom is -0.431 e. The highest BCUT2D eigenvalue weighted by atomic mass is 32.1. The van der Waals surface area contributed by atoms with Crippen molar-refractivity contribution in [2.75, 3.05) is 46.3 Å². The van der Waals surface area contributed by atoms with Crippen molar-refractivity contribution < 1.29 is 9.53 Å². The Morgan fingerprint density at radius 2 is 1.89 bits per heavy atom. The van der Waals surface area contributed by atoms with Gasteiger partial charge in [0, 0.05) is 61.8 Å². The monoisotopic (exact) mass is 489 g/mol. The summed E-state index contributed by atoms with van der Waals surface area (Å²) in [6.45, 7) is 6.54. The number of amides is 1. The van der Waals surface area contributed by atoms with Crippen LogP contribution in [0.25, 0.3) is 21.1 Å². The maximum atomic E-state index is 12.9. The number of carbonyl (C=O) groups excluding carboxylic acids is 1. The molecule has 4 aromatic rings. The molecule has 0 bridgehead atoms. The quantitative estimate of drug-likeness (QED) is 0.445. The van der Waals surface area contributed by atoms with E-state index >= 15 is 0 Å². The standard InChI is InChI=1S/C27H31N5O2S/c1-30-12-14-32(15-13-30)26(33)19-8-10-31(11-9-19)18-20-17-28-24-16-21(6-7-22(20)24)34-27-29-23-4-2-3-5-25(23)35-27/h2-7,16-17,19,28H,8-15,18H2,1H3. The summed E-state index contributed by atoms with van der Waals surface area (Å²) in [4.78, 5) is 27.8. The van der Waals surface area contributed by atoms with Gasteiger partial charge in [-0.3, -0.25) is 9.69 Å². The molecule has 4 heterocycles. The fourth-order valence-corrected chi connectivity index (χ4v) is 6.05. The van der Waals surface area contributed by atoms with E-state index in [1.54, 1.807) is 11.3 Å². The number of nitrogens with zero attached hydrogens (tertiary/aromatic N) is 4. The molecule has 2 aromatic heterocycles. The molecule has 2 aliphatic rings. The molecule has 0 radical (unpaired) electrons. The minimum absolute atomic E-state index is 0.180. The largest absolute Gasteiger partial charge is 0.431 e. The highest BCUT2D eigenvalue weighted by Gasteiger charge is 2.30. The molecule has 35 heavy (non-hydrogen) atoms. The molecule has 8 heteroatoms. The van der Waals surface area contributed by atoms with Crippen LogP contribution in [0.2, 0.25) is 0 Å². The second-order valence-electron chi connectivity index (χ2n) is 9.75. The van der Waals surface area contributed by atoms with Crippen molar-refractivity contribution in [2.24, 2.45) is 5.92 Å². The van der Waals surface area contributed by atoms with Crippen LogP contribution in [0.3, 0.4) is 0 Å². The van der Waals surface area contributed by atoms with Crippen molar-refractivity contribution in [3.8, 4) is 10.9 Å². The maximum Gasteiger partial charge on any atom is 0.279 e. The number of rotatable bonds is 5. The number of carbonyl (C=O) groups is 1. The van der Waals surface area contributed by atoms with E-state index < -0.39 is 0 Å². The predicted octanol–water partition coefficient (Wildman–Crippen LogP) is 4.56. The summed E-state index contributed by atoms with van der Waals surface area (Å²) in [6, 6.07) is 14.3. The summed E-state index contributed by atoms with van der Waals surface area (Å²) < 4.78 is 7.18. The van der Waals surface area contributed by atoms with Gasteiger partial charge < -0.3 is 19.5 Å². The lowest BCUT2D eigenvalue weighted by Crippen LogP contribution is -2.50. The summed E-state index contributed by atoms with van der Waals surface area (Å²) in [6.07, 6.45) is 4.01. The molecule has 0 unspecified atom stereocenters. The van der Waals surface area contributed by atoms with Gasteiger partial charge >= 0.3 is 0 Å². The van der Waals surface area contributed by atoms with Crippen LogP contribution >= 0.6 is 11.3 Å². The summed E-state index contributed by atoms with van der Waals surface area (Å²) >= 11 is 1.56. The molecular formula is C27H31N5O2S. The van der Waals surface area contributed by atoms with Crippen LogP contribution in [0.5, 0.6) is 10.9 Å². The fraction of sp³-hybridized carbons (Fsp3) is 0.407. The van der Waals surface area contributed by atoms with Gasteiger partial charge in [0.1, 0.15) is 5.75 Å². The fourth-order valence-electron chi connectivity index (χ4n) is 5.22. The molecule has 2 aromatic carbocycles. The lowest BCUT2D eigenvalue weighted by Gasteiger charge is -2.37. The number of likely N-dealkylation sites (N-methyl/N-ethyl adjacent to an activating group) is 1. The predicted molar refractivity (Wildman–Crippen MR) is 140 cm³/mol. The summed E-state index contributed by atoms with van der Waals surface area (Å²) in [5.74, 6) is 1.33. The third kappa shape index (κ3) is 4.78. The van der Waals surface area contributed by atoms with Gasteiger partial charge in [-0.1, -0.05) is 23.5 Å². The van der Waals surface area contributed by atoms with Gasteiger partial charge in [-0.15, -0.1) is 0 Å². The van der Waals surface area contributed by atoms with Crippen molar-refractivity contribution in [3.63, 3.8) is 0 Å². The first-order chi connectivity index (χ1) is 17.1. The highest BCUT2D eigenvalue weighted by molar-refractivity contribution is 7.20. The van der Waals surface area contributed by atoms with Gasteiger partial charge in [0.05, 0.1) is 10.2 Å². The van der Waals surface area contributed by atoms with Crippen molar-refractivity contribution in [1.82, 2.24) is 24.7 Å². The Hall–Kier alpha value is -2.94. The molecule has 6 rings (SSSR count). The molecule has 0 aliphatic carbocycles. The number of likely N-dealkylation sites (tertiary alicyclic amines) is 1. The number of hydrogen-bond acceptors (Lipinski definition) is 6. The Labute approximate surface area is 209 Å². The van der Waals surface area contributed by atoms with Crippen LogP contribution in [0.15, 0.2) is 48.7 Å². The molecular weight excluding hydrogens is 458 g/mol. The van der Waals surface area contributed by atoms with Gasteiger partial charge in [-0.2, -0.15) is 0 Å². The zero-order valence-corrected chi connectivity index (χ0v) is 20.9. The zero-order chi connectivity index (χ0) is 23.8. The second kappa shape index (κ2) is 9.60. The number of benzene rings is 2. The van der Waals surface area contributed by atoms with Crippen molar-refractivity contribution in [2.45, 2.75) is 19.4 Å². The van der Waals surface area contributed by atoms with E-state index in [0.29, 0.717) is 11.1 Å². The molecule has 0 atom stereocenters. The van der Waals surface area contributed by atoms with Crippen LogP contribution in [0, 0.1) is 5.92 Å². The molecule has 182 valence electrons. The van der Waals surface area contributed by atoms with E-state index in [1.807, 2.05) is 30.3 Å². The van der Waals surface area contributed by atoms with Crippen LogP contribution < -0.4 is 4.74 Å². The third-order valence-electron chi connectivity index (χ3n) is 7.36. The van der Waals surface area contributed by atoms with E-state index in [1.165, 1.54) is 10.9 Å². The Morgan fingerprint density at radius 3 is 2.69 bits per heavy atom. The topological polar surface area (TPSA) is 64.7 Å². The van der Waals surface area contributed by atoms with E-state index in [-0.39, 0.29) is 5.92 Å². The van der Waals surface area contributed by atoms with E-state index in [4.69, 9.17) is 4.74 Å². The Balaban J connectivity index is 1.07. The minimum atomic E-state index is 0.180. The highest BCUT2D eigenvalue weighted by Crippen LogP contribution is 2.33. The third-order valence-corrected chi connectivity index (χ3v) is 8.28. The van der Waals surface area contributed by atoms with Gasteiger partial charge in [-0.05, 0) is 62.8 Å². The van der Waals surface area contributed by atoms with Crippen molar-refractivity contribution in [3.05, 3.63) is 54.2 Å². The number of H-pyrrole nitrogens is 1. The lowest BCUT2D eigenvalue weighted by atomic mass is 9.94. The Morgan fingerprint density at radius 1 is 1.09 bits per heavy atom. The van der Waals surface area contributed by atoms with E-state index in [0.717, 1.165) is 80.1 Å². The second-order valence-corrected chi connectivity index (χ2v) is 10.7. The van der Waals surface area contributed by atoms with Gasteiger partial charge in [0.15, 0.2) is 0 Å². The van der Waals surface area contributed by atoms with Crippen LogP contribution in [0.1, 0.15) is 18.4 Å². The maximum absolute atomic E-state index is 12.9. The average Bonchev–Trinajstić information content (AvgIpc) is 3.47. The van der Waals surface area contributed by atoms with Crippen molar-refractivity contribution >= 4 is 38.4 Å². The molecule has 0 saturated carbocycles. The van der Waals surface area contributed by atoms with Crippen LogP contribution in [0.4, 0.5) is 0 Å². The first-order valence-corrected chi connectivity index (χ1v) is 13.3. The SMILES string of the molecule is CN1CCN(C(=O)C2CCN(Cc3c[nH]c4cc(Oc5nc6ccccc6s5)ccc34)CC2)CC1. The van der Waals surface area contributed by atoms with E-state index in [9.17, 15) is 4.79 Å². The summed E-state index contributed by atoms with van der Waals surface area (Å²) in [7, 11) is 2.13. The molecule has 2 aliphatic heterocycles. The molecule has 7 nitrogen and oxygen atoms in total. The Bertz CT molecular complexity index is 1300. The number of thiazole rings is 1. The van der Waals surface area contributed by atoms with Crippen LogP contribution in [-0.2, 0) is 11.3 Å². The van der Waals surface area contributed by atoms with Crippen LogP contribution in [-0.4, -0.2) is 76.9 Å². The average molecular weight is 490 g/mol. The number of ether oxygens (including phenoxy) is 1. The Kier molecular flexibility index (Phi) is 6.18. The number of piperidine rings is 1. The lowest BCUT2D eigenvalue weighted by molar-refractivity contribution is -0.138. The number of aromatic amines is 1. The first-order valence-electron chi connectivity index (χ1n) is 12.5. The van der Waals surface area contributed by atoms with Gasteiger partial charge in [0.25, 0.3) is 5.19 Å². The number of fused-ring (bicyclic) bond motifs is 2. The molecule has 1 amide bonds. The summed E-state index contributed by atoms with van der Waals surface area (Å²) in [5, 5.41) is 1.88. The number of para-hydroxylation sites is 1. The smallest absolute Gasteiger partial charge is 0.279 e. The number of piperazine rings is 1. The van der Waals surface area contributed by atoms with Gasteiger partial charge in [-0.25, -0.2) is 4.98 Å². The zero-order valence-electron chi connectivity index (χ0n) is 20.1. The first kappa shape index (κ1) is 22.5. The van der Waals surface area contributed by atoms with Gasteiger partial charge in [0.2, 0.25) is 5.91 Å². The molecule has 2 saturated heterocycles. The number of nitrogens with one attached hydrogen (secondary N) is 1.